The molecule has 0 radical (unpaired) electrons. The van der Waals surface area contributed by atoms with Crippen molar-refractivity contribution < 1.29 is 5.11 Å². The summed E-state index contributed by atoms with van der Waals surface area (Å²) in [5, 5.41) is 12.0. The van der Waals surface area contributed by atoms with E-state index in [0.717, 1.165) is 18.6 Å². The Hall–Kier alpha value is -1.03. The van der Waals surface area contributed by atoms with Crippen LogP contribution < -0.4 is 5.73 Å². The number of rotatable bonds is 5. The SMILES string of the molecule is NC(CO)(CSc1ccc2ccccc2c1)C1CC1. The average molecular weight is 273 g/mol. The van der Waals surface area contributed by atoms with Gasteiger partial charge in [-0.3, -0.25) is 0 Å². The maximum atomic E-state index is 9.51. The fourth-order valence-corrected chi connectivity index (χ4v) is 3.56. The van der Waals surface area contributed by atoms with Gasteiger partial charge in [0.1, 0.15) is 0 Å². The smallest absolute Gasteiger partial charge is 0.0622 e. The van der Waals surface area contributed by atoms with E-state index in [1.54, 1.807) is 11.8 Å². The third-order valence-corrected chi connectivity index (χ3v) is 5.18. The maximum absolute atomic E-state index is 9.51. The van der Waals surface area contributed by atoms with Crippen molar-refractivity contribution >= 4 is 22.5 Å². The van der Waals surface area contributed by atoms with Crippen LogP contribution in [0.1, 0.15) is 12.8 Å². The molecule has 0 bridgehead atoms. The molecule has 1 unspecified atom stereocenters. The lowest BCUT2D eigenvalue weighted by Crippen LogP contribution is -2.48. The summed E-state index contributed by atoms with van der Waals surface area (Å²) in [4.78, 5) is 1.22. The third kappa shape index (κ3) is 2.78. The summed E-state index contributed by atoms with van der Waals surface area (Å²) in [5.41, 5.74) is 5.89. The van der Waals surface area contributed by atoms with Crippen LogP contribution in [0.3, 0.4) is 0 Å². The molecule has 2 nitrogen and oxygen atoms in total. The molecular formula is C16H19NOS. The molecule has 0 spiro atoms. The van der Waals surface area contributed by atoms with Gasteiger partial charge in [-0.2, -0.15) is 0 Å². The largest absolute Gasteiger partial charge is 0.394 e. The van der Waals surface area contributed by atoms with E-state index >= 15 is 0 Å². The van der Waals surface area contributed by atoms with E-state index in [1.165, 1.54) is 15.7 Å². The van der Waals surface area contributed by atoms with Crippen molar-refractivity contribution in [2.24, 2.45) is 11.7 Å². The fraction of sp³-hybridized carbons (Fsp3) is 0.375. The van der Waals surface area contributed by atoms with E-state index in [0.29, 0.717) is 5.92 Å². The van der Waals surface area contributed by atoms with Gasteiger partial charge in [0.25, 0.3) is 0 Å². The van der Waals surface area contributed by atoms with Crippen molar-refractivity contribution in [3.05, 3.63) is 42.5 Å². The van der Waals surface area contributed by atoms with Crippen LogP contribution in [0.15, 0.2) is 47.4 Å². The van der Waals surface area contributed by atoms with Crippen LogP contribution in [0.2, 0.25) is 0 Å². The molecule has 1 saturated carbocycles. The van der Waals surface area contributed by atoms with E-state index in [9.17, 15) is 5.11 Å². The second-order valence-electron chi connectivity index (χ2n) is 5.46. The molecule has 100 valence electrons. The van der Waals surface area contributed by atoms with Gasteiger partial charge in [-0.05, 0) is 41.7 Å². The molecule has 1 fully saturated rings. The first-order valence-corrected chi connectivity index (χ1v) is 7.71. The Morgan fingerprint density at radius 2 is 1.89 bits per heavy atom. The Morgan fingerprint density at radius 1 is 1.16 bits per heavy atom. The molecule has 3 N–H and O–H groups in total. The van der Waals surface area contributed by atoms with Crippen LogP contribution >= 0.6 is 11.8 Å². The second-order valence-corrected chi connectivity index (χ2v) is 6.51. The van der Waals surface area contributed by atoms with Crippen molar-refractivity contribution in [3.63, 3.8) is 0 Å². The molecule has 0 aromatic heterocycles. The summed E-state index contributed by atoms with van der Waals surface area (Å²) in [5.74, 6) is 1.29. The minimum absolute atomic E-state index is 0.0816. The maximum Gasteiger partial charge on any atom is 0.0622 e. The normalized spacial score (nSPS) is 18.4. The lowest BCUT2D eigenvalue weighted by molar-refractivity contribution is 0.194. The van der Waals surface area contributed by atoms with Crippen LogP contribution in [0.25, 0.3) is 10.8 Å². The number of hydrogen-bond donors (Lipinski definition) is 2. The standard InChI is InChI=1S/C16H19NOS/c17-16(10-18,14-6-7-14)11-19-15-8-5-12-3-1-2-4-13(12)9-15/h1-5,8-9,14,18H,6-7,10-11,17H2. The fourth-order valence-electron chi connectivity index (χ4n) is 2.43. The van der Waals surface area contributed by atoms with Crippen molar-refractivity contribution in [3.8, 4) is 0 Å². The Kier molecular flexibility index (Phi) is 3.52. The highest BCUT2D eigenvalue weighted by molar-refractivity contribution is 7.99. The zero-order valence-electron chi connectivity index (χ0n) is 10.9. The van der Waals surface area contributed by atoms with Crippen molar-refractivity contribution in [2.45, 2.75) is 23.3 Å². The van der Waals surface area contributed by atoms with Gasteiger partial charge in [0.05, 0.1) is 12.1 Å². The number of hydrogen-bond acceptors (Lipinski definition) is 3. The van der Waals surface area contributed by atoms with E-state index in [2.05, 4.69) is 42.5 Å². The van der Waals surface area contributed by atoms with Gasteiger partial charge in [-0.15, -0.1) is 11.8 Å². The highest BCUT2D eigenvalue weighted by Gasteiger charge is 2.41. The predicted octanol–water partition coefficient (Wildman–Crippen LogP) is 3.03. The van der Waals surface area contributed by atoms with E-state index in [4.69, 9.17) is 5.73 Å². The number of aliphatic hydroxyl groups excluding tert-OH is 1. The molecule has 1 aliphatic carbocycles. The van der Waals surface area contributed by atoms with Crippen molar-refractivity contribution in [2.75, 3.05) is 12.4 Å². The van der Waals surface area contributed by atoms with E-state index < -0.39 is 5.54 Å². The summed E-state index contributed by atoms with van der Waals surface area (Å²) in [6.45, 7) is 0.0816. The molecule has 19 heavy (non-hydrogen) atoms. The quantitative estimate of drug-likeness (QED) is 0.823. The Labute approximate surface area is 118 Å². The molecule has 2 aromatic carbocycles. The molecule has 0 amide bonds. The number of nitrogens with two attached hydrogens (primary N) is 1. The second kappa shape index (κ2) is 5.16. The summed E-state index contributed by atoms with van der Waals surface area (Å²) in [7, 11) is 0. The van der Waals surface area contributed by atoms with Crippen LogP contribution in [-0.2, 0) is 0 Å². The molecule has 1 aliphatic rings. The van der Waals surface area contributed by atoms with Crippen LogP contribution in [0, 0.1) is 5.92 Å². The van der Waals surface area contributed by atoms with Gasteiger partial charge in [0.2, 0.25) is 0 Å². The highest BCUT2D eigenvalue weighted by atomic mass is 32.2. The van der Waals surface area contributed by atoms with Crippen LogP contribution in [-0.4, -0.2) is 23.0 Å². The average Bonchev–Trinajstić information content (AvgIpc) is 3.29. The molecule has 3 rings (SSSR count). The van der Waals surface area contributed by atoms with Crippen LogP contribution in [0.5, 0.6) is 0 Å². The topological polar surface area (TPSA) is 46.2 Å². The molecule has 0 saturated heterocycles. The first-order valence-electron chi connectivity index (χ1n) is 6.73. The number of aliphatic hydroxyl groups is 1. The molecular weight excluding hydrogens is 254 g/mol. The number of fused-ring (bicyclic) bond motifs is 1. The van der Waals surface area contributed by atoms with Gasteiger partial charge >= 0.3 is 0 Å². The van der Waals surface area contributed by atoms with Gasteiger partial charge in [0.15, 0.2) is 0 Å². The Bertz CT molecular complexity index is 582. The summed E-state index contributed by atoms with van der Waals surface area (Å²) < 4.78 is 0. The van der Waals surface area contributed by atoms with Crippen molar-refractivity contribution in [1.82, 2.24) is 0 Å². The van der Waals surface area contributed by atoms with E-state index in [-0.39, 0.29) is 6.61 Å². The lowest BCUT2D eigenvalue weighted by Gasteiger charge is -2.26. The van der Waals surface area contributed by atoms with Gasteiger partial charge < -0.3 is 10.8 Å². The van der Waals surface area contributed by atoms with Gasteiger partial charge in [0, 0.05) is 10.6 Å². The molecule has 0 aliphatic heterocycles. The summed E-state index contributed by atoms with van der Waals surface area (Å²) >= 11 is 1.75. The molecule has 2 aromatic rings. The zero-order valence-corrected chi connectivity index (χ0v) is 11.7. The molecule has 0 heterocycles. The molecule has 3 heteroatoms. The number of thioether (sulfide) groups is 1. The monoisotopic (exact) mass is 273 g/mol. The first kappa shape index (κ1) is 13.0. The van der Waals surface area contributed by atoms with Crippen LogP contribution in [0.4, 0.5) is 0 Å². The predicted molar refractivity (Wildman–Crippen MR) is 81.4 cm³/mol. The number of benzene rings is 2. The van der Waals surface area contributed by atoms with Gasteiger partial charge in [-0.25, -0.2) is 0 Å². The zero-order chi connectivity index (χ0) is 13.3. The molecule has 1 atom stereocenters. The summed E-state index contributed by atoms with van der Waals surface area (Å²) in [6, 6.07) is 14.8. The van der Waals surface area contributed by atoms with Crippen molar-refractivity contribution in [1.29, 1.82) is 0 Å². The minimum atomic E-state index is -0.406. The highest BCUT2D eigenvalue weighted by Crippen LogP contribution is 2.40. The first-order chi connectivity index (χ1) is 9.21. The Morgan fingerprint density at radius 3 is 2.58 bits per heavy atom. The third-order valence-electron chi connectivity index (χ3n) is 3.91. The Balaban J connectivity index is 1.74. The lowest BCUT2D eigenvalue weighted by atomic mass is 9.99. The van der Waals surface area contributed by atoms with E-state index in [1.807, 2.05) is 0 Å². The minimum Gasteiger partial charge on any atom is -0.394 e. The van der Waals surface area contributed by atoms with Gasteiger partial charge in [-0.1, -0.05) is 30.3 Å². The summed E-state index contributed by atoms with van der Waals surface area (Å²) in [6.07, 6.45) is 2.32.